The van der Waals surface area contributed by atoms with E-state index in [2.05, 4.69) is 34.1 Å². The molecule has 2 heterocycles. The van der Waals surface area contributed by atoms with Crippen molar-refractivity contribution in [3.63, 3.8) is 0 Å². The zero-order valence-electron chi connectivity index (χ0n) is 17.7. The third-order valence-electron chi connectivity index (χ3n) is 4.49. The van der Waals surface area contributed by atoms with Crippen molar-refractivity contribution in [2.75, 3.05) is 25.1 Å². The van der Waals surface area contributed by atoms with Gasteiger partial charge in [-0.05, 0) is 30.9 Å². The number of ether oxygens (including phenoxy) is 2. The van der Waals surface area contributed by atoms with Gasteiger partial charge in [-0.2, -0.15) is 0 Å². The van der Waals surface area contributed by atoms with Crippen LogP contribution in [-0.4, -0.2) is 44.3 Å². The normalized spacial score (nSPS) is 13.4. The van der Waals surface area contributed by atoms with Gasteiger partial charge in [0.15, 0.2) is 11.5 Å². The number of carbonyl (C=O) groups excluding carboxylic acids is 1. The molecule has 0 spiro atoms. The summed E-state index contributed by atoms with van der Waals surface area (Å²) in [5, 5.41) is 12.3. The summed E-state index contributed by atoms with van der Waals surface area (Å²) >= 11 is 1.40. The SMILES string of the molecule is CC(C)Cc1nnc(NC(=O)CCCCCNS(=O)(=O)c2ccc3c(c2)OCCO3)s1. The van der Waals surface area contributed by atoms with Gasteiger partial charge in [-0.3, -0.25) is 4.79 Å². The Bertz CT molecular complexity index is 991. The van der Waals surface area contributed by atoms with Gasteiger partial charge in [0.25, 0.3) is 0 Å². The van der Waals surface area contributed by atoms with Crippen LogP contribution >= 0.6 is 11.3 Å². The van der Waals surface area contributed by atoms with Crippen LogP contribution in [0.1, 0.15) is 44.5 Å². The molecule has 0 saturated heterocycles. The predicted molar refractivity (Wildman–Crippen MR) is 118 cm³/mol. The molecule has 9 nitrogen and oxygen atoms in total. The number of benzene rings is 1. The van der Waals surface area contributed by atoms with Crippen LogP contribution in [0.2, 0.25) is 0 Å². The minimum Gasteiger partial charge on any atom is -0.486 e. The second-order valence-electron chi connectivity index (χ2n) is 7.66. The van der Waals surface area contributed by atoms with E-state index in [0.29, 0.717) is 61.6 Å². The van der Waals surface area contributed by atoms with Crippen molar-refractivity contribution in [1.29, 1.82) is 0 Å². The van der Waals surface area contributed by atoms with E-state index in [4.69, 9.17) is 9.47 Å². The lowest BCUT2D eigenvalue weighted by molar-refractivity contribution is -0.116. The highest BCUT2D eigenvalue weighted by molar-refractivity contribution is 7.89. The molecule has 0 bridgehead atoms. The lowest BCUT2D eigenvalue weighted by Gasteiger charge is -2.18. The fraction of sp³-hybridized carbons (Fsp3) is 0.550. The number of hydrogen-bond donors (Lipinski definition) is 2. The summed E-state index contributed by atoms with van der Waals surface area (Å²) in [6.45, 7) is 5.37. The molecule has 2 aromatic rings. The minimum absolute atomic E-state index is 0.107. The number of sulfonamides is 1. The number of nitrogens with one attached hydrogen (secondary N) is 2. The Kier molecular flexibility index (Phi) is 8.22. The number of hydrogen-bond acceptors (Lipinski definition) is 8. The number of carbonyl (C=O) groups is 1. The fourth-order valence-electron chi connectivity index (χ4n) is 2.99. The molecule has 0 saturated carbocycles. The Labute approximate surface area is 186 Å². The summed E-state index contributed by atoms with van der Waals surface area (Å²) in [6, 6.07) is 4.58. The molecule has 1 aromatic carbocycles. The number of anilines is 1. The van der Waals surface area contributed by atoms with Gasteiger partial charge >= 0.3 is 0 Å². The van der Waals surface area contributed by atoms with Crippen molar-refractivity contribution >= 4 is 32.4 Å². The third-order valence-corrected chi connectivity index (χ3v) is 6.81. The van der Waals surface area contributed by atoms with Crippen molar-refractivity contribution < 1.29 is 22.7 Å². The fourth-order valence-corrected chi connectivity index (χ4v) is 5.04. The summed E-state index contributed by atoms with van der Waals surface area (Å²) < 4.78 is 38.3. The number of nitrogens with zero attached hydrogens (tertiary/aromatic N) is 2. The van der Waals surface area contributed by atoms with Gasteiger partial charge in [-0.15, -0.1) is 10.2 Å². The summed E-state index contributed by atoms with van der Waals surface area (Å²) in [6.07, 6.45) is 3.22. The Morgan fingerprint density at radius 2 is 1.90 bits per heavy atom. The first-order valence-corrected chi connectivity index (χ1v) is 12.6. The van der Waals surface area contributed by atoms with Crippen LogP contribution in [0.25, 0.3) is 0 Å². The molecule has 1 aromatic heterocycles. The number of unbranched alkanes of at least 4 members (excludes halogenated alkanes) is 2. The minimum atomic E-state index is -3.62. The number of rotatable bonds is 11. The monoisotopic (exact) mass is 468 g/mol. The van der Waals surface area contributed by atoms with E-state index < -0.39 is 10.0 Å². The van der Waals surface area contributed by atoms with Crippen LogP contribution in [-0.2, 0) is 21.2 Å². The average Bonchev–Trinajstić information content (AvgIpc) is 3.16. The maximum atomic E-state index is 12.4. The molecule has 2 N–H and O–H groups in total. The standard InChI is InChI=1S/C20H28N4O5S2/c1-14(2)12-19-23-24-20(30-19)22-18(25)6-4-3-5-9-21-31(26,27)15-7-8-16-17(13-15)29-11-10-28-16/h7-8,13-14,21H,3-6,9-12H2,1-2H3,(H,22,24,25). The van der Waals surface area contributed by atoms with Crippen LogP contribution in [0.3, 0.4) is 0 Å². The molecule has 170 valence electrons. The second kappa shape index (κ2) is 10.9. The van der Waals surface area contributed by atoms with Crippen molar-refractivity contribution in [3.05, 3.63) is 23.2 Å². The van der Waals surface area contributed by atoms with E-state index in [9.17, 15) is 13.2 Å². The van der Waals surface area contributed by atoms with Crippen molar-refractivity contribution in [2.45, 2.75) is 50.8 Å². The molecule has 0 radical (unpaired) electrons. The van der Waals surface area contributed by atoms with Crippen LogP contribution < -0.4 is 19.5 Å². The van der Waals surface area contributed by atoms with E-state index in [-0.39, 0.29) is 10.8 Å². The zero-order valence-corrected chi connectivity index (χ0v) is 19.4. The lowest BCUT2D eigenvalue weighted by Crippen LogP contribution is -2.25. The molecule has 11 heteroatoms. The van der Waals surface area contributed by atoms with Crippen molar-refractivity contribution in [1.82, 2.24) is 14.9 Å². The highest BCUT2D eigenvalue weighted by Crippen LogP contribution is 2.32. The van der Waals surface area contributed by atoms with Crippen LogP contribution in [0.15, 0.2) is 23.1 Å². The maximum Gasteiger partial charge on any atom is 0.240 e. The average molecular weight is 469 g/mol. The number of fused-ring (bicyclic) bond motifs is 1. The first-order valence-electron chi connectivity index (χ1n) is 10.3. The Balaban J connectivity index is 1.34. The molecule has 1 aliphatic rings. The highest BCUT2D eigenvalue weighted by Gasteiger charge is 2.19. The van der Waals surface area contributed by atoms with Crippen molar-refractivity contribution in [2.24, 2.45) is 5.92 Å². The first kappa shape index (κ1) is 23.4. The van der Waals surface area contributed by atoms with Crippen LogP contribution in [0.5, 0.6) is 11.5 Å². The molecule has 1 amide bonds. The van der Waals surface area contributed by atoms with Gasteiger partial charge in [-0.25, -0.2) is 13.1 Å². The van der Waals surface area contributed by atoms with E-state index in [1.807, 2.05) is 0 Å². The molecule has 0 unspecified atom stereocenters. The third kappa shape index (κ3) is 7.15. The van der Waals surface area contributed by atoms with Crippen molar-refractivity contribution in [3.8, 4) is 11.5 Å². The van der Waals surface area contributed by atoms with Gasteiger partial charge in [0.2, 0.25) is 21.1 Å². The Morgan fingerprint density at radius 1 is 1.13 bits per heavy atom. The van der Waals surface area contributed by atoms with Gasteiger partial charge in [-0.1, -0.05) is 31.6 Å². The largest absolute Gasteiger partial charge is 0.486 e. The topological polar surface area (TPSA) is 120 Å². The maximum absolute atomic E-state index is 12.4. The second-order valence-corrected chi connectivity index (χ2v) is 10.5. The Hall–Kier alpha value is -2.24. The van der Waals surface area contributed by atoms with Gasteiger partial charge in [0.1, 0.15) is 18.2 Å². The van der Waals surface area contributed by atoms with E-state index in [1.165, 1.54) is 23.5 Å². The molecule has 31 heavy (non-hydrogen) atoms. The molecular weight excluding hydrogens is 440 g/mol. The smallest absolute Gasteiger partial charge is 0.240 e. The molecule has 3 rings (SSSR count). The van der Waals surface area contributed by atoms with E-state index in [1.54, 1.807) is 6.07 Å². The van der Waals surface area contributed by atoms with E-state index >= 15 is 0 Å². The van der Waals surface area contributed by atoms with Gasteiger partial charge in [0.05, 0.1) is 4.90 Å². The van der Waals surface area contributed by atoms with Crippen LogP contribution in [0, 0.1) is 5.92 Å². The molecule has 1 aliphatic heterocycles. The summed E-state index contributed by atoms with van der Waals surface area (Å²) in [5.41, 5.74) is 0. The number of amides is 1. The number of aromatic nitrogens is 2. The molecule has 0 fully saturated rings. The molecular formula is C20H28N4O5S2. The predicted octanol–water partition coefficient (Wildman–Crippen LogP) is 2.99. The van der Waals surface area contributed by atoms with Gasteiger partial charge in [0, 0.05) is 25.5 Å². The molecule has 0 atom stereocenters. The lowest BCUT2D eigenvalue weighted by atomic mass is 10.1. The summed E-state index contributed by atoms with van der Waals surface area (Å²) in [7, 11) is -3.62. The van der Waals surface area contributed by atoms with Gasteiger partial charge < -0.3 is 14.8 Å². The van der Waals surface area contributed by atoms with Crippen LogP contribution in [0.4, 0.5) is 5.13 Å². The van der Waals surface area contributed by atoms with E-state index in [0.717, 1.165) is 17.8 Å². The quantitative estimate of drug-likeness (QED) is 0.487. The summed E-state index contributed by atoms with van der Waals surface area (Å²) in [5.74, 6) is 1.37. The highest BCUT2D eigenvalue weighted by atomic mass is 32.2. The zero-order chi connectivity index (χ0) is 22.3. The Morgan fingerprint density at radius 3 is 2.68 bits per heavy atom. The summed E-state index contributed by atoms with van der Waals surface area (Å²) in [4.78, 5) is 12.2. The first-order chi connectivity index (χ1) is 14.8. The molecule has 0 aliphatic carbocycles.